The van der Waals surface area contributed by atoms with E-state index < -0.39 is 0 Å². The fourth-order valence-electron chi connectivity index (χ4n) is 1.69. The molecule has 1 fully saturated rings. The van der Waals surface area contributed by atoms with E-state index in [1.807, 2.05) is 30.3 Å². The zero-order chi connectivity index (χ0) is 11.4. The van der Waals surface area contributed by atoms with Crippen molar-refractivity contribution in [1.29, 1.82) is 0 Å². The first-order chi connectivity index (χ1) is 7.75. The van der Waals surface area contributed by atoms with Crippen molar-refractivity contribution in [2.75, 3.05) is 13.1 Å². The van der Waals surface area contributed by atoms with Gasteiger partial charge in [0.2, 0.25) is 0 Å². The van der Waals surface area contributed by atoms with E-state index in [4.69, 9.17) is 4.74 Å². The molecule has 1 aliphatic heterocycles. The molecule has 1 aliphatic rings. The van der Waals surface area contributed by atoms with Crippen LogP contribution in [0.1, 0.15) is 12.0 Å². The van der Waals surface area contributed by atoms with E-state index in [2.05, 4.69) is 6.58 Å². The van der Waals surface area contributed by atoms with E-state index in [1.54, 1.807) is 4.90 Å². The minimum absolute atomic E-state index is 0.248. The molecule has 1 aromatic rings. The first-order valence-corrected chi connectivity index (χ1v) is 5.38. The Bertz CT molecular complexity index is 386. The predicted octanol–water partition coefficient (Wildman–Crippen LogP) is 2.59. The van der Waals surface area contributed by atoms with Crippen LogP contribution in [0.3, 0.4) is 0 Å². The maximum atomic E-state index is 11.6. The molecule has 1 saturated heterocycles. The van der Waals surface area contributed by atoms with Crippen molar-refractivity contribution >= 4 is 6.09 Å². The number of rotatable bonds is 2. The zero-order valence-electron chi connectivity index (χ0n) is 9.19. The molecular weight excluding hydrogens is 202 g/mol. The highest BCUT2D eigenvalue weighted by molar-refractivity contribution is 5.68. The maximum absolute atomic E-state index is 11.6. The van der Waals surface area contributed by atoms with Crippen LogP contribution in [-0.2, 0) is 11.3 Å². The lowest BCUT2D eigenvalue weighted by Gasteiger charge is -2.14. The molecule has 0 N–H and O–H groups in total. The molecular formula is C13H15NO2. The van der Waals surface area contributed by atoms with Gasteiger partial charge in [0, 0.05) is 13.1 Å². The second kappa shape index (κ2) is 4.84. The van der Waals surface area contributed by atoms with E-state index in [0.717, 1.165) is 24.1 Å². The summed E-state index contributed by atoms with van der Waals surface area (Å²) >= 11 is 0. The van der Waals surface area contributed by atoms with Gasteiger partial charge in [-0.2, -0.15) is 0 Å². The summed E-state index contributed by atoms with van der Waals surface area (Å²) in [5.41, 5.74) is 2.10. The number of hydrogen-bond donors (Lipinski definition) is 0. The Morgan fingerprint density at radius 1 is 1.38 bits per heavy atom. The number of ether oxygens (including phenoxy) is 1. The lowest BCUT2D eigenvalue weighted by molar-refractivity contribution is 0.105. The Labute approximate surface area is 95.3 Å². The summed E-state index contributed by atoms with van der Waals surface area (Å²) in [6.07, 6.45) is 0.642. The van der Waals surface area contributed by atoms with E-state index in [0.29, 0.717) is 13.2 Å². The molecule has 3 heteroatoms. The van der Waals surface area contributed by atoms with Crippen LogP contribution in [0.5, 0.6) is 0 Å². The maximum Gasteiger partial charge on any atom is 0.410 e. The minimum Gasteiger partial charge on any atom is -0.445 e. The smallest absolute Gasteiger partial charge is 0.410 e. The van der Waals surface area contributed by atoms with Gasteiger partial charge in [-0.3, -0.25) is 0 Å². The second-order valence-electron chi connectivity index (χ2n) is 3.96. The van der Waals surface area contributed by atoms with Gasteiger partial charge in [0.05, 0.1) is 0 Å². The SMILES string of the molecule is C=C1CCN(C(=O)OCc2ccccc2)C1. The summed E-state index contributed by atoms with van der Waals surface area (Å²) < 4.78 is 5.21. The summed E-state index contributed by atoms with van der Waals surface area (Å²) in [6, 6.07) is 9.68. The van der Waals surface area contributed by atoms with Gasteiger partial charge in [0.25, 0.3) is 0 Å². The second-order valence-corrected chi connectivity index (χ2v) is 3.96. The molecule has 0 spiro atoms. The Kier molecular flexibility index (Phi) is 3.25. The fourth-order valence-corrected chi connectivity index (χ4v) is 1.69. The van der Waals surface area contributed by atoms with E-state index in [1.165, 1.54) is 0 Å². The number of nitrogens with zero attached hydrogens (tertiary/aromatic N) is 1. The number of amides is 1. The highest BCUT2D eigenvalue weighted by Crippen LogP contribution is 2.14. The van der Waals surface area contributed by atoms with Crippen LogP contribution in [-0.4, -0.2) is 24.1 Å². The molecule has 1 heterocycles. The molecule has 16 heavy (non-hydrogen) atoms. The van der Waals surface area contributed by atoms with Gasteiger partial charge in [-0.15, -0.1) is 0 Å². The van der Waals surface area contributed by atoms with E-state index in [9.17, 15) is 4.79 Å². The Morgan fingerprint density at radius 3 is 2.75 bits per heavy atom. The van der Waals surface area contributed by atoms with Gasteiger partial charge in [0.15, 0.2) is 0 Å². The fraction of sp³-hybridized carbons (Fsp3) is 0.308. The summed E-state index contributed by atoms with van der Waals surface area (Å²) in [6.45, 7) is 5.55. The van der Waals surface area contributed by atoms with Gasteiger partial charge in [-0.25, -0.2) is 4.79 Å². The molecule has 3 nitrogen and oxygen atoms in total. The summed E-state index contributed by atoms with van der Waals surface area (Å²) in [4.78, 5) is 13.3. The predicted molar refractivity (Wildman–Crippen MR) is 62.0 cm³/mol. The first kappa shape index (κ1) is 10.7. The Balaban J connectivity index is 1.82. The molecule has 2 rings (SSSR count). The van der Waals surface area contributed by atoms with Crippen LogP contribution >= 0.6 is 0 Å². The van der Waals surface area contributed by atoms with Crippen molar-refractivity contribution in [3.05, 3.63) is 48.0 Å². The minimum atomic E-state index is -0.248. The number of carbonyl (C=O) groups is 1. The Hall–Kier alpha value is -1.77. The largest absolute Gasteiger partial charge is 0.445 e. The standard InChI is InChI=1S/C13H15NO2/c1-11-7-8-14(9-11)13(15)16-10-12-5-3-2-4-6-12/h2-6H,1,7-10H2. The lowest BCUT2D eigenvalue weighted by atomic mass is 10.2. The molecule has 84 valence electrons. The van der Waals surface area contributed by atoms with Crippen molar-refractivity contribution in [3.8, 4) is 0 Å². The molecule has 0 atom stereocenters. The van der Waals surface area contributed by atoms with Crippen molar-refractivity contribution in [2.24, 2.45) is 0 Å². The molecule has 1 amide bonds. The van der Waals surface area contributed by atoms with Crippen LogP contribution in [0, 0.1) is 0 Å². The van der Waals surface area contributed by atoms with Gasteiger partial charge in [-0.1, -0.05) is 42.5 Å². The zero-order valence-corrected chi connectivity index (χ0v) is 9.19. The van der Waals surface area contributed by atoms with Gasteiger partial charge >= 0.3 is 6.09 Å². The average molecular weight is 217 g/mol. The van der Waals surface area contributed by atoms with Crippen molar-refractivity contribution in [3.63, 3.8) is 0 Å². The van der Waals surface area contributed by atoms with Gasteiger partial charge in [0.1, 0.15) is 6.61 Å². The summed E-state index contributed by atoms with van der Waals surface area (Å²) in [5.74, 6) is 0. The summed E-state index contributed by atoms with van der Waals surface area (Å²) in [5, 5.41) is 0. The highest BCUT2D eigenvalue weighted by atomic mass is 16.6. The Morgan fingerprint density at radius 2 is 2.12 bits per heavy atom. The van der Waals surface area contributed by atoms with Crippen LogP contribution in [0.25, 0.3) is 0 Å². The van der Waals surface area contributed by atoms with E-state index >= 15 is 0 Å². The van der Waals surface area contributed by atoms with E-state index in [-0.39, 0.29) is 6.09 Å². The number of hydrogen-bond acceptors (Lipinski definition) is 2. The van der Waals surface area contributed by atoms with Crippen LogP contribution in [0.15, 0.2) is 42.5 Å². The normalized spacial score (nSPS) is 15.2. The monoisotopic (exact) mass is 217 g/mol. The first-order valence-electron chi connectivity index (χ1n) is 5.38. The van der Waals surface area contributed by atoms with Gasteiger partial charge < -0.3 is 9.64 Å². The molecule has 0 bridgehead atoms. The molecule has 0 radical (unpaired) electrons. The van der Waals surface area contributed by atoms with Crippen LogP contribution in [0.2, 0.25) is 0 Å². The van der Waals surface area contributed by atoms with Crippen molar-refractivity contribution < 1.29 is 9.53 Å². The van der Waals surface area contributed by atoms with Crippen LogP contribution in [0.4, 0.5) is 4.79 Å². The third-order valence-electron chi connectivity index (χ3n) is 2.61. The topological polar surface area (TPSA) is 29.5 Å². The van der Waals surface area contributed by atoms with Crippen molar-refractivity contribution in [2.45, 2.75) is 13.0 Å². The van der Waals surface area contributed by atoms with Gasteiger partial charge in [-0.05, 0) is 12.0 Å². The number of likely N-dealkylation sites (tertiary alicyclic amines) is 1. The molecule has 1 aromatic carbocycles. The highest BCUT2D eigenvalue weighted by Gasteiger charge is 2.21. The quantitative estimate of drug-likeness (QED) is 0.712. The molecule has 0 saturated carbocycles. The summed E-state index contributed by atoms with van der Waals surface area (Å²) in [7, 11) is 0. The van der Waals surface area contributed by atoms with Crippen molar-refractivity contribution in [1.82, 2.24) is 4.90 Å². The third kappa shape index (κ3) is 2.63. The third-order valence-corrected chi connectivity index (χ3v) is 2.61. The average Bonchev–Trinajstić information content (AvgIpc) is 2.74. The number of carbonyl (C=O) groups excluding carboxylic acids is 1. The van der Waals surface area contributed by atoms with Crippen LogP contribution < -0.4 is 0 Å². The lowest BCUT2D eigenvalue weighted by Crippen LogP contribution is -2.28. The molecule has 0 aliphatic carbocycles. The number of benzene rings is 1. The molecule has 0 unspecified atom stereocenters. The molecule has 0 aromatic heterocycles.